The molecule has 0 radical (unpaired) electrons. The van der Waals surface area contributed by atoms with Crippen molar-refractivity contribution in [3.8, 4) is 0 Å². The van der Waals surface area contributed by atoms with Crippen LogP contribution in [0.3, 0.4) is 0 Å². The van der Waals surface area contributed by atoms with Crippen molar-refractivity contribution in [2.24, 2.45) is 0 Å². The summed E-state index contributed by atoms with van der Waals surface area (Å²) >= 11 is 0. The molecule has 0 aliphatic carbocycles. The Morgan fingerprint density at radius 3 is 2.19 bits per heavy atom. The van der Waals surface area contributed by atoms with Gasteiger partial charge in [0.1, 0.15) is 5.60 Å². The highest BCUT2D eigenvalue weighted by molar-refractivity contribution is 5.66. The van der Waals surface area contributed by atoms with E-state index >= 15 is 0 Å². The minimum Gasteiger partial charge on any atom is -0.459 e. The van der Waals surface area contributed by atoms with Crippen molar-refractivity contribution in [3.05, 3.63) is 0 Å². The van der Waals surface area contributed by atoms with Gasteiger partial charge in [-0.15, -0.1) is 0 Å². The summed E-state index contributed by atoms with van der Waals surface area (Å²) in [5.41, 5.74) is -0.334. The van der Waals surface area contributed by atoms with E-state index < -0.39 is 0 Å². The fourth-order valence-corrected chi connectivity index (χ4v) is 1.67. The zero-order chi connectivity index (χ0) is 12.6. The predicted octanol–water partition coefficient (Wildman–Crippen LogP) is 3.31. The van der Waals surface area contributed by atoms with E-state index in [0.717, 1.165) is 25.7 Å². The minimum atomic E-state index is -0.334. The average molecular weight is 230 g/mol. The molecule has 0 saturated heterocycles. The van der Waals surface area contributed by atoms with E-state index in [1.54, 1.807) is 0 Å². The standard InChI is InChI=1S/C13H26O3/c1-6-11(4)15-10-9-13(7-2,8-3)16-12(5)14/h11H,6-10H2,1-5H3. The molecule has 0 saturated carbocycles. The van der Waals surface area contributed by atoms with Crippen LogP contribution in [0.5, 0.6) is 0 Å². The van der Waals surface area contributed by atoms with Crippen LogP contribution in [0.1, 0.15) is 60.3 Å². The molecule has 3 heteroatoms. The van der Waals surface area contributed by atoms with Crippen LogP contribution in [0, 0.1) is 0 Å². The number of ether oxygens (including phenoxy) is 2. The summed E-state index contributed by atoms with van der Waals surface area (Å²) in [7, 11) is 0. The van der Waals surface area contributed by atoms with Gasteiger partial charge >= 0.3 is 5.97 Å². The number of rotatable bonds is 8. The Morgan fingerprint density at radius 2 is 1.81 bits per heavy atom. The van der Waals surface area contributed by atoms with Gasteiger partial charge in [0.25, 0.3) is 0 Å². The van der Waals surface area contributed by atoms with Crippen molar-refractivity contribution in [2.75, 3.05) is 6.61 Å². The molecule has 0 aliphatic rings. The molecule has 96 valence electrons. The molecule has 0 amide bonds. The van der Waals surface area contributed by atoms with Gasteiger partial charge < -0.3 is 9.47 Å². The summed E-state index contributed by atoms with van der Waals surface area (Å²) in [4.78, 5) is 11.1. The Balaban J connectivity index is 4.16. The molecule has 0 aromatic carbocycles. The molecule has 0 N–H and O–H groups in total. The molecule has 0 aromatic heterocycles. The van der Waals surface area contributed by atoms with Crippen LogP contribution < -0.4 is 0 Å². The van der Waals surface area contributed by atoms with Crippen molar-refractivity contribution >= 4 is 5.97 Å². The maximum atomic E-state index is 11.1. The lowest BCUT2D eigenvalue weighted by Crippen LogP contribution is -2.35. The first-order valence-electron chi connectivity index (χ1n) is 6.30. The first-order chi connectivity index (χ1) is 7.49. The van der Waals surface area contributed by atoms with Crippen molar-refractivity contribution < 1.29 is 14.3 Å². The Morgan fingerprint density at radius 1 is 1.25 bits per heavy atom. The predicted molar refractivity (Wildman–Crippen MR) is 65.4 cm³/mol. The normalized spacial score (nSPS) is 13.6. The smallest absolute Gasteiger partial charge is 0.303 e. The third kappa shape index (κ3) is 5.50. The highest BCUT2D eigenvalue weighted by Crippen LogP contribution is 2.25. The quantitative estimate of drug-likeness (QED) is 0.600. The van der Waals surface area contributed by atoms with Gasteiger partial charge in [-0.25, -0.2) is 0 Å². The van der Waals surface area contributed by atoms with Gasteiger partial charge in [-0.05, 0) is 26.2 Å². The first-order valence-corrected chi connectivity index (χ1v) is 6.30. The van der Waals surface area contributed by atoms with Crippen LogP contribution in [0.15, 0.2) is 0 Å². The topological polar surface area (TPSA) is 35.5 Å². The largest absolute Gasteiger partial charge is 0.459 e. The van der Waals surface area contributed by atoms with Gasteiger partial charge in [0.15, 0.2) is 0 Å². The van der Waals surface area contributed by atoms with E-state index in [2.05, 4.69) is 27.7 Å². The number of hydrogen-bond donors (Lipinski definition) is 0. The van der Waals surface area contributed by atoms with Crippen LogP contribution in [-0.2, 0) is 14.3 Å². The lowest BCUT2D eigenvalue weighted by Gasteiger charge is -2.31. The van der Waals surface area contributed by atoms with Gasteiger partial charge in [-0.2, -0.15) is 0 Å². The molecule has 0 fully saturated rings. The lowest BCUT2D eigenvalue weighted by atomic mass is 9.93. The maximum absolute atomic E-state index is 11.1. The van der Waals surface area contributed by atoms with Crippen LogP contribution in [0.4, 0.5) is 0 Å². The summed E-state index contributed by atoms with van der Waals surface area (Å²) in [6.45, 7) is 10.4. The van der Waals surface area contributed by atoms with Crippen molar-refractivity contribution in [3.63, 3.8) is 0 Å². The second kappa shape index (κ2) is 7.66. The van der Waals surface area contributed by atoms with Crippen LogP contribution in [-0.4, -0.2) is 24.3 Å². The fraction of sp³-hybridized carbons (Fsp3) is 0.923. The van der Waals surface area contributed by atoms with Crippen LogP contribution in [0.25, 0.3) is 0 Å². The van der Waals surface area contributed by atoms with E-state index in [9.17, 15) is 4.79 Å². The zero-order valence-electron chi connectivity index (χ0n) is 11.3. The van der Waals surface area contributed by atoms with E-state index in [1.807, 2.05) is 0 Å². The molecule has 3 nitrogen and oxygen atoms in total. The molecule has 0 bridgehead atoms. The number of carbonyl (C=O) groups excluding carboxylic acids is 1. The molecule has 0 aliphatic heterocycles. The third-order valence-corrected chi connectivity index (χ3v) is 3.18. The molecular formula is C13H26O3. The van der Waals surface area contributed by atoms with Gasteiger partial charge in [0.2, 0.25) is 0 Å². The van der Waals surface area contributed by atoms with Crippen molar-refractivity contribution in [1.29, 1.82) is 0 Å². The average Bonchev–Trinajstić information content (AvgIpc) is 2.26. The number of esters is 1. The van der Waals surface area contributed by atoms with E-state index in [-0.39, 0.29) is 17.7 Å². The zero-order valence-corrected chi connectivity index (χ0v) is 11.3. The Hall–Kier alpha value is -0.570. The monoisotopic (exact) mass is 230 g/mol. The molecular weight excluding hydrogens is 204 g/mol. The summed E-state index contributed by atoms with van der Waals surface area (Å²) in [5, 5.41) is 0. The SMILES string of the molecule is CCC(C)OCCC(CC)(CC)OC(C)=O. The molecule has 1 unspecified atom stereocenters. The van der Waals surface area contributed by atoms with E-state index in [0.29, 0.717) is 6.61 Å². The number of carbonyl (C=O) groups is 1. The van der Waals surface area contributed by atoms with Crippen LogP contribution in [0.2, 0.25) is 0 Å². The summed E-state index contributed by atoms with van der Waals surface area (Å²) in [5.74, 6) is -0.202. The Kier molecular flexibility index (Phi) is 7.39. The van der Waals surface area contributed by atoms with Gasteiger partial charge in [-0.3, -0.25) is 4.79 Å². The molecule has 0 rings (SSSR count). The number of hydrogen-bond acceptors (Lipinski definition) is 3. The molecule has 1 atom stereocenters. The van der Waals surface area contributed by atoms with Crippen molar-refractivity contribution in [1.82, 2.24) is 0 Å². The highest BCUT2D eigenvalue weighted by Gasteiger charge is 2.29. The van der Waals surface area contributed by atoms with E-state index in [4.69, 9.17) is 9.47 Å². The maximum Gasteiger partial charge on any atom is 0.303 e. The summed E-state index contributed by atoms with van der Waals surface area (Å²) < 4.78 is 11.1. The van der Waals surface area contributed by atoms with Gasteiger partial charge in [0.05, 0.1) is 12.7 Å². The molecule has 0 spiro atoms. The van der Waals surface area contributed by atoms with Crippen LogP contribution >= 0.6 is 0 Å². The second-order valence-corrected chi connectivity index (χ2v) is 4.32. The minimum absolute atomic E-state index is 0.202. The Labute approximate surface area is 99.5 Å². The molecule has 16 heavy (non-hydrogen) atoms. The molecule has 0 heterocycles. The highest BCUT2D eigenvalue weighted by atomic mass is 16.6. The van der Waals surface area contributed by atoms with Gasteiger partial charge in [0, 0.05) is 13.3 Å². The second-order valence-electron chi connectivity index (χ2n) is 4.32. The van der Waals surface area contributed by atoms with Gasteiger partial charge in [-0.1, -0.05) is 20.8 Å². The first kappa shape index (κ1) is 15.4. The lowest BCUT2D eigenvalue weighted by molar-refractivity contribution is -0.160. The summed E-state index contributed by atoms with van der Waals surface area (Å²) in [6, 6.07) is 0. The summed E-state index contributed by atoms with van der Waals surface area (Å²) in [6.07, 6.45) is 3.76. The molecule has 0 aromatic rings. The Bertz CT molecular complexity index is 197. The van der Waals surface area contributed by atoms with E-state index in [1.165, 1.54) is 6.92 Å². The third-order valence-electron chi connectivity index (χ3n) is 3.18. The van der Waals surface area contributed by atoms with Crippen molar-refractivity contribution in [2.45, 2.75) is 72.0 Å². The fourth-order valence-electron chi connectivity index (χ4n) is 1.67.